The first kappa shape index (κ1) is 14.0. The number of hydrogen-bond acceptors (Lipinski definition) is 3. The van der Waals surface area contributed by atoms with E-state index in [2.05, 4.69) is 23.3 Å². The van der Waals surface area contributed by atoms with Crippen molar-refractivity contribution in [2.45, 2.75) is 18.7 Å². The highest BCUT2D eigenvalue weighted by Crippen LogP contribution is 2.33. The minimum Gasteiger partial charge on any atom is -0.376 e. The lowest BCUT2D eigenvalue weighted by Crippen LogP contribution is -2.19. The zero-order valence-electron chi connectivity index (χ0n) is 11.6. The highest BCUT2D eigenvalue weighted by Gasteiger charge is 2.11. The Morgan fingerprint density at radius 1 is 1.19 bits per heavy atom. The summed E-state index contributed by atoms with van der Waals surface area (Å²) >= 11 is -1.80. The molecule has 108 valence electrons. The highest BCUT2D eigenvalue weighted by molar-refractivity contribution is 7.78. The zero-order valence-corrected chi connectivity index (χ0v) is 12.4. The molecule has 2 unspecified atom stereocenters. The van der Waals surface area contributed by atoms with Gasteiger partial charge < -0.3 is 9.87 Å². The van der Waals surface area contributed by atoms with Gasteiger partial charge in [0.25, 0.3) is 0 Å². The fourth-order valence-corrected chi connectivity index (χ4v) is 2.83. The van der Waals surface area contributed by atoms with Gasteiger partial charge in [0.1, 0.15) is 0 Å². The van der Waals surface area contributed by atoms with Gasteiger partial charge in [0.05, 0.1) is 23.2 Å². The maximum atomic E-state index is 10.8. The van der Waals surface area contributed by atoms with E-state index >= 15 is 0 Å². The van der Waals surface area contributed by atoms with Crippen LogP contribution in [-0.2, 0) is 16.8 Å². The summed E-state index contributed by atoms with van der Waals surface area (Å²) < 4.78 is 19.7. The van der Waals surface area contributed by atoms with Gasteiger partial charge in [-0.3, -0.25) is 4.99 Å². The molecule has 0 aliphatic carbocycles. The molecule has 1 aliphatic heterocycles. The van der Waals surface area contributed by atoms with Crippen LogP contribution in [0.4, 0.5) is 11.4 Å². The molecule has 0 aromatic heterocycles. The average Bonchev–Trinajstić information content (AvgIpc) is 2.47. The third-order valence-electron chi connectivity index (χ3n) is 3.40. The lowest BCUT2D eigenvalue weighted by molar-refractivity contribution is 0.563. The summed E-state index contributed by atoms with van der Waals surface area (Å²) in [6, 6.07) is 14.1. The molecule has 0 saturated carbocycles. The van der Waals surface area contributed by atoms with Gasteiger partial charge in [-0.15, -0.1) is 0 Å². The third kappa shape index (κ3) is 3.20. The second-order valence-corrected chi connectivity index (χ2v) is 6.04. The summed E-state index contributed by atoms with van der Waals surface area (Å²) in [5, 5.41) is 3.36. The van der Waals surface area contributed by atoms with E-state index in [0.29, 0.717) is 0 Å². The molecule has 2 N–H and O–H groups in total. The molecule has 2 aromatic rings. The van der Waals surface area contributed by atoms with Crippen LogP contribution in [0.1, 0.15) is 12.5 Å². The van der Waals surface area contributed by atoms with Gasteiger partial charge in [0.15, 0.2) is 11.1 Å². The molecular weight excluding hydrogens is 284 g/mol. The largest absolute Gasteiger partial charge is 0.376 e. The predicted octanol–water partition coefficient (Wildman–Crippen LogP) is 3.59. The number of benzene rings is 2. The van der Waals surface area contributed by atoms with Crippen molar-refractivity contribution in [2.75, 3.05) is 5.32 Å². The van der Waals surface area contributed by atoms with Gasteiger partial charge >= 0.3 is 0 Å². The van der Waals surface area contributed by atoms with Crippen LogP contribution in [0.25, 0.3) is 11.1 Å². The van der Waals surface area contributed by atoms with Gasteiger partial charge in [0.2, 0.25) is 0 Å². The molecule has 21 heavy (non-hydrogen) atoms. The Labute approximate surface area is 126 Å². The smallest absolute Gasteiger partial charge is 0.157 e. The van der Waals surface area contributed by atoms with Crippen molar-refractivity contribution in [3.63, 3.8) is 0 Å². The van der Waals surface area contributed by atoms with Crippen molar-refractivity contribution in [1.29, 1.82) is 0 Å². The van der Waals surface area contributed by atoms with Crippen molar-refractivity contribution >= 4 is 28.7 Å². The Balaban J connectivity index is 1.88. The summed E-state index contributed by atoms with van der Waals surface area (Å²) in [4.78, 5) is 4.46. The van der Waals surface area contributed by atoms with E-state index in [-0.39, 0.29) is 11.8 Å². The lowest BCUT2D eigenvalue weighted by Gasteiger charge is -2.18. The van der Waals surface area contributed by atoms with E-state index in [1.807, 2.05) is 42.6 Å². The van der Waals surface area contributed by atoms with Crippen LogP contribution in [0.15, 0.2) is 47.5 Å². The standard InChI is InChI=1S/C16H16N2O2S/c1-11-9-17-16-8-14(6-7-15(16)18-11)13-4-2-12(3-5-13)10-21(19)20/h2-9,11,18H,10H2,1H3,(H,19,20). The number of fused-ring (bicyclic) bond motifs is 1. The molecule has 4 nitrogen and oxygen atoms in total. The summed E-state index contributed by atoms with van der Waals surface area (Å²) in [7, 11) is 0. The first-order chi connectivity index (χ1) is 10.1. The SMILES string of the molecule is CC1C=Nc2cc(-c3ccc(CS(=O)O)cc3)ccc2N1. The molecule has 0 amide bonds. The Kier molecular flexibility index (Phi) is 3.86. The van der Waals surface area contributed by atoms with Gasteiger partial charge in [0, 0.05) is 6.21 Å². The van der Waals surface area contributed by atoms with E-state index in [1.165, 1.54) is 0 Å². The molecule has 0 fully saturated rings. The monoisotopic (exact) mass is 300 g/mol. The fourth-order valence-electron chi connectivity index (χ4n) is 2.35. The van der Waals surface area contributed by atoms with Crippen LogP contribution < -0.4 is 5.32 Å². The number of anilines is 1. The Bertz CT molecular complexity index is 711. The topological polar surface area (TPSA) is 61.7 Å². The normalized spacial score (nSPS) is 17.9. The highest BCUT2D eigenvalue weighted by atomic mass is 32.2. The van der Waals surface area contributed by atoms with Gasteiger partial charge in [-0.1, -0.05) is 30.3 Å². The van der Waals surface area contributed by atoms with Crippen LogP contribution in [-0.4, -0.2) is 21.0 Å². The quantitative estimate of drug-likeness (QED) is 0.852. The van der Waals surface area contributed by atoms with Crippen molar-refractivity contribution in [3.05, 3.63) is 48.0 Å². The molecule has 1 aliphatic rings. The molecule has 0 bridgehead atoms. The molecule has 2 aromatic carbocycles. The molecule has 0 radical (unpaired) electrons. The number of hydrogen-bond donors (Lipinski definition) is 2. The molecule has 2 atom stereocenters. The molecule has 0 spiro atoms. The van der Waals surface area contributed by atoms with Crippen molar-refractivity contribution in [2.24, 2.45) is 4.99 Å². The van der Waals surface area contributed by atoms with E-state index in [1.54, 1.807) is 0 Å². The van der Waals surface area contributed by atoms with Crippen LogP contribution in [0.2, 0.25) is 0 Å². The molecule has 1 heterocycles. The van der Waals surface area contributed by atoms with Crippen LogP contribution in [0, 0.1) is 0 Å². The van der Waals surface area contributed by atoms with Crippen LogP contribution in [0.5, 0.6) is 0 Å². The number of rotatable bonds is 3. The van der Waals surface area contributed by atoms with Gasteiger partial charge in [-0.25, -0.2) is 4.21 Å². The van der Waals surface area contributed by atoms with Crippen molar-refractivity contribution in [3.8, 4) is 11.1 Å². The Morgan fingerprint density at radius 3 is 2.62 bits per heavy atom. The molecule has 0 saturated heterocycles. The van der Waals surface area contributed by atoms with E-state index < -0.39 is 11.1 Å². The maximum absolute atomic E-state index is 10.8. The second-order valence-electron chi connectivity index (χ2n) is 5.11. The Morgan fingerprint density at radius 2 is 1.90 bits per heavy atom. The first-order valence-electron chi connectivity index (χ1n) is 6.73. The minimum atomic E-state index is -1.80. The third-order valence-corrected chi connectivity index (χ3v) is 3.98. The van der Waals surface area contributed by atoms with Crippen LogP contribution in [0.3, 0.4) is 0 Å². The second kappa shape index (κ2) is 5.79. The number of aliphatic imine (C=N–C) groups is 1. The Hall–Kier alpha value is -1.98. The predicted molar refractivity (Wildman–Crippen MR) is 87.6 cm³/mol. The van der Waals surface area contributed by atoms with Gasteiger partial charge in [-0.05, 0) is 35.7 Å². The van der Waals surface area contributed by atoms with E-state index in [9.17, 15) is 4.21 Å². The number of nitrogens with zero attached hydrogens (tertiary/aromatic N) is 1. The molecule has 3 rings (SSSR count). The van der Waals surface area contributed by atoms with E-state index in [0.717, 1.165) is 28.1 Å². The average molecular weight is 300 g/mol. The summed E-state index contributed by atoms with van der Waals surface area (Å²) in [5.41, 5.74) is 4.98. The van der Waals surface area contributed by atoms with E-state index in [4.69, 9.17) is 4.55 Å². The molecule has 5 heteroatoms. The molecular formula is C16H16N2O2S. The minimum absolute atomic E-state index is 0.163. The van der Waals surface area contributed by atoms with Crippen molar-refractivity contribution < 1.29 is 8.76 Å². The van der Waals surface area contributed by atoms with Crippen LogP contribution >= 0.6 is 0 Å². The summed E-state index contributed by atoms with van der Waals surface area (Å²) in [5.74, 6) is 0.163. The summed E-state index contributed by atoms with van der Waals surface area (Å²) in [6.45, 7) is 2.06. The first-order valence-corrected chi connectivity index (χ1v) is 8.01. The maximum Gasteiger partial charge on any atom is 0.157 e. The zero-order chi connectivity index (χ0) is 14.8. The number of nitrogens with one attached hydrogen (secondary N) is 1. The summed E-state index contributed by atoms with van der Waals surface area (Å²) in [6.07, 6.45) is 1.89. The fraction of sp³-hybridized carbons (Fsp3) is 0.188. The van der Waals surface area contributed by atoms with Crippen molar-refractivity contribution in [1.82, 2.24) is 0 Å². The van der Waals surface area contributed by atoms with Gasteiger partial charge in [-0.2, -0.15) is 0 Å². The lowest BCUT2D eigenvalue weighted by atomic mass is 10.0.